The van der Waals surface area contributed by atoms with E-state index in [-0.39, 0.29) is 5.69 Å². The third-order valence-electron chi connectivity index (χ3n) is 2.32. The minimum Gasteiger partial charge on any atom is -0.375 e. The van der Waals surface area contributed by atoms with Crippen molar-refractivity contribution >= 4 is 23.2 Å². The van der Waals surface area contributed by atoms with Crippen LogP contribution in [0, 0.1) is 0 Å². The molecule has 1 heterocycles. The zero-order valence-electron chi connectivity index (χ0n) is 7.36. The number of fused-ring (bicyclic) bond motifs is 1. The van der Waals surface area contributed by atoms with E-state index in [4.69, 9.17) is 11.6 Å². The molecule has 2 N–H and O–H groups in total. The van der Waals surface area contributed by atoms with Crippen molar-refractivity contribution in [1.82, 2.24) is 0 Å². The van der Waals surface area contributed by atoms with E-state index in [0.717, 1.165) is 0 Å². The molecule has 0 spiro atoms. The zero-order valence-corrected chi connectivity index (χ0v) is 8.12. The maximum atomic E-state index is 11.4. The molecule has 2 rings (SSSR count). The first-order valence-electron chi connectivity index (χ1n) is 4.00. The van der Waals surface area contributed by atoms with Crippen LogP contribution in [0.15, 0.2) is 18.2 Å². The molecule has 1 atom stereocenters. The number of rotatable bonds is 0. The number of hydrogen-bond donors (Lipinski definition) is 2. The van der Waals surface area contributed by atoms with Crippen LogP contribution in [0.4, 0.5) is 5.69 Å². The summed E-state index contributed by atoms with van der Waals surface area (Å²) in [6, 6.07) is 4.50. The van der Waals surface area contributed by atoms with Crippen molar-refractivity contribution in [3.8, 4) is 0 Å². The SMILES string of the molecule is CC1(O)C(=O)N(O)c2cc(Cl)ccc21. The smallest absolute Gasteiger partial charge is 0.287 e. The second-order valence-corrected chi connectivity index (χ2v) is 3.79. The van der Waals surface area contributed by atoms with Gasteiger partial charge in [0.25, 0.3) is 5.91 Å². The Morgan fingerprint density at radius 2 is 2.14 bits per heavy atom. The maximum absolute atomic E-state index is 11.4. The minimum atomic E-state index is -1.67. The maximum Gasteiger partial charge on any atom is 0.287 e. The predicted molar refractivity (Wildman–Crippen MR) is 50.3 cm³/mol. The molecule has 0 bridgehead atoms. The van der Waals surface area contributed by atoms with E-state index in [2.05, 4.69) is 0 Å². The molecule has 0 fully saturated rings. The molecule has 0 radical (unpaired) electrons. The van der Waals surface area contributed by atoms with E-state index in [1.165, 1.54) is 19.1 Å². The molecular weight excluding hydrogens is 206 g/mol. The fourth-order valence-electron chi connectivity index (χ4n) is 1.52. The summed E-state index contributed by atoms with van der Waals surface area (Å²) in [7, 11) is 0. The van der Waals surface area contributed by atoms with Gasteiger partial charge in [0.1, 0.15) is 0 Å². The summed E-state index contributed by atoms with van der Waals surface area (Å²) < 4.78 is 0. The van der Waals surface area contributed by atoms with Gasteiger partial charge in [-0.1, -0.05) is 17.7 Å². The van der Waals surface area contributed by atoms with Gasteiger partial charge in [0.15, 0.2) is 5.60 Å². The van der Waals surface area contributed by atoms with Crippen LogP contribution in [0.25, 0.3) is 0 Å². The van der Waals surface area contributed by atoms with Gasteiger partial charge in [-0.15, -0.1) is 0 Å². The van der Waals surface area contributed by atoms with Crippen molar-refractivity contribution in [2.75, 3.05) is 5.06 Å². The van der Waals surface area contributed by atoms with Crippen LogP contribution in [0.2, 0.25) is 5.02 Å². The fourth-order valence-corrected chi connectivity index (χ4v) is 1.69. The molecule has 1 amide bonds. The molecule has 0 aromatic heterocycles. The molecule has 5 heteroatoms. The van der Waals surface area contributed by atoms with Crippen molar-refractivity contribution in [2.45, 2.75) is 12.5 Å². The average molecular weight is 214 g/mol. The zero-order chi connectivity index (χ0) is 10.5. The summed E-state index contributed by atoms with van der Waals surface area (Å²) in [6.07, 6.45) is 0. The van der Waals surface area contributed by atoms with Gasteiger partial charge >= 0.3 is 0 Å². The lowest BCUT2D eigenvalue weighted by Crippen LogP contribution is -2.35. The van der Waals surface area contributed by atoms with Gasteiger partial charge in [-0.2, -0.15) is 5.06 Å². The van der Waals surface area contributed by atoms with E-state index in [9.17, 15) is 15.1 Å². The van der Waals surface area contributed by atoms with Crippen LogP contribution in [-0.2, 0) is 10.4 Å². The lowest BCUT2D eigenvalue weighted by molar-refractivity contribution is -0.139. The highest BCUT2D eigenvalue weighted by Gasteiger charge is 2.46. The summed E-state index contributed by atoms with van der Waals surface area (Å²) in [4.78, 5) is 11.4. The topological polar surface area (TPSA) is 60.8 Å². The largest absolute Gasteiger partial charge is 0.375 e. The van der Waals surface area contributed by atoms with E-state index in [1.807, 2.05) is 0 Å². The van der Waals surface area contributed by atoms with Crippen molar-refractivity contribution in [3.05, 3.63) is 28.8 Å². The average Bonchev–Trinajstić information content (AvgIpc) is 2.28. The molecular formula is C9H8ClNO3. The standard InChI is InChI=1S/C9H8ClNO3/c1-9(13)6-3-2-5(10)4-7(6)11(14)8(9)12/h2-4,13-14H,1H3. The van der Waals surface area contributed by atoms with Gasteiger partial charge in [-0.25, -0.2) is 0 Å². The second-order valence-electron chi connectivity index (χ2n) is 3.35. The third-order valence-corrected chi connectivity index (χ3v) is 2.56. The molecule has 1 aromatic carbocycles. The predicted octanol–water partition coefficient (Wildman–Crippen LogP) is 1.28. The van der Waals surface area contributed by atoms with Gasteiger partial charge < -0.3 is 5.11 Å². The van der Waals surface area contributed by atoms with Gasteiger partial charge in [-0.05, 0) is 19.1 Å². The summed E-state index contributed by atoms with van der Waals surface area (Å²) in [5.74, 6) is -0.769. The Kier molecular flexibility index (Phi) is 1.82. The Morgan fingerprint density at radius 3 is 2.79 bits per heavy atom. The number of carbonyl (C=O) groups is 1. The van der Waals surface area contributed by atoms with Crippen LogP contribution in [-0.4, -0.2) is 16.2 Å². The number of amides is 1. The van der Waals surface area contributed by atoms with E-state index >= 15 is 0 Å². The van der Waals surface area contributed by atoms with Gasteiger partial charge in [0.05, 0.1) is 5.69 Å². The number of benzene rings is 1. The molecule has 0 saturated carbocycles. The molecule has 1 aliphatic rings. The fraction of sp³-hybridized carbons (Fsp3) is 0.222. The first-order valence-corrected chi connectivity index (χ1v) is 4.38. The Balaban J connectivity index is 2.68. The van der Waals surface area contributed by atoms with Crippen molar-refractivity contribution in [1.29, 1.82) is 0 Å². The highest BCUT2D eigenvalue weighted by atomic mass is 35.5. The van der Waals surface area contributed by atoms with Crippen molar-refractivity contribution in [2.24, 2.45) is 0 Å². The highest BCUT2D eigenvalue weighted by Crippen LogP contribution is 2.40. The second kappa shape index (κ2) is 2.70. The summed E-state index contributed by atoms with van der Waals surface area (Å²) in [5.41, 5.74) is -1.09. The Labute approximate surface area is 85.3 Å². The Morgan fingerprint density at radius 1 is 1.50 bits per heavy atom. The van der Waals surface area contributed by atoms with Crippen LogP contribution in [0.3, 0.4) is 0 Å². The normalized spacial score (nSPS) is 25.4. The first-order chi connectivity index (χ1) is 6.44. The summed E-state index contributed by atoms with van der Waals surface area (Å²) in [6.45, 7) is 1.33. The molecule has 1 unspecified atom stereocenters. The summed E-state index contributed by atoms with van der Waals surface area (Å²) >= 11 is 5.70. The van der Waals surface area contributed by atoms with Crippen LogP contribution < -0.4 is 5.06 Å². The lowest BCUT2D eigenvalue weighted by atomic mass is 9.98. The molecule has 1 aliphatic heterocycles. The number of hydrogen-bond acceptors (Lipinski definition) is 3. The van der Waals surface area contributed by atoms with Gasteiger partial charge in [0.2, 0.25) is 0 Å². The van der Waals surface area contributed by atoms with Crippen LogP contribution in [0.5, 0.6) is 0 Å². The van der Waals surface area contributed by atoms with Gasteiger partial charge in [-0.3, -0.25) is 10.0 Å². The van der Waals surface area contributed by atoms with Crippen LogP contribution in [0.1, 0.15) is 12.5 Å². The molecule has 74 valence electrons. The van der Waals surface area contributed by atoms with Crippen molar-refractivity contribution < 1.29 is 15.1 Å². The Bertz CT molecular complexity index is 417. The summed E-state index contributed by atoms with van der Waals surface area (Å²) in [5, 5.41) is 20.0. The lowest BCUT2D eigenvalue weighted by Gasteiger charge is -2.13. The molecule has 14 heavy (non-hydrogen) atoms. The quantitative estimate of drug-likeness (QED) is 0.639. The van der Waals surface area contributed by atoms with E-state index in [0.29, 0.717) is 15.6 Å². The number of hydroxylamine groups is 1. The molecule has 0 aliphatic carbocycles. The van der Waals surface area contributed by atoms with E-state index < -0.39 is 11.5 Å². The first kappa shape index (κ1) is 9.45. The highest BCUT2D eigenvalue weighted by molar-refractivity contribution is 6.31. The number of nitrogens with zero attached hydrogens (tertiary/aromatic N) is 1. The number of halogens is 1. The van der Waals surface area contributed by atoms with E-state index in [1.54, 1.807) is 6.07 Å². The third kappa shape index (κ3) is 1.05. The number of carbonyl (C=O) groups excluding carboxylic acids is 1. The number of anilines is 1. The molecule has 0 saturated heterocycles. The van der Waals surface area contributed by atoms with Gasteiger partial charge in [0, 0.05) is 10.6 Å². The minimum absolute atomic E-state index is 0.229. The molecule has 4 nitrogen and oxygen atoms in total. The number of aliphatic hydroxyl groups is 1. The van der Waals surface area contributed by atoms with Crippen molar-refractivity contribution in [3.63, 3.8) is 0 Å². The Hall–Kier alpha value is -1.10. The molecule has 1 aromatic rings. The van der Waals surface area contributed by atoms with Crippen LogP contribution >= 0.6 is 11.6 Å². The monoisotopic (exact) mass is 213 g/mol.